The van der Waals surface area contributed by atoms with Crippen molar-refractivity contribution in [2.24, 2.45) is 0 Å². The number of hydrogen-bond acceptors (Lipinski definition) is 4. The Bertz CT molecular complexity index is 534. The molecule has 1 aliphatic heterocycles. The molecule has 2 atom stereocenters. The van der Waals surface area contributed by atoms with Crippen molar-refractivity contribution in [2.75, 3.05) is 13.2 Å². The van der Waals surface area contributed by atoms with E-state index in [0.29, 0.717) is 6.61 Å². The monoisotopic (exact) mass is 261 g/mol. The molecule has 0 radical (unpaired) electrons. The molecular weight excluding hydrogens is 242 g/mol. The first kappa shape index (κ1) is 12.6. The van der Waals surface area contributed by atoms with Gasteiger partial charge >= 0.3 is 0 Å². The second-order valence-electron chi connectivity index (χ2n) is 5.00. The van der Waals surface area contributed by atoms with Gasteiger partial charge in [0.1, 0.15) is 12.0 Å². The summed E-state index contributed by atoms with van der Waals surface area (Å²) in [5.41, 5.74) is 0.954. The predicted molar refractivity (Wildman–Crippen MR) is 71.8 cm³/mol. The molecule has 5 heteroatoms. The molecule has 3 heterocycles. The highest BCUT2D eigenvalue weighted by atomic mass is 16.7. The van der Waals surface area contributed by atoms with Crippen LogP contribution >= 0.6 is 0 Å². The van der Waals surface area contributed by atoms with Crippen molar-refractivity contribution in [3.8, 4) is 0 Å². The smallest absolute Gasteiger partial charge is 0.157 e. The fourth-order valence-corrected chi connectivity index (χ4v) is 2.42. The summed E-state index contributed by atoms with van der Waals surface area (Å²) < 4.78 is 13.5. The Morgan fingerprint density at radius 3 is 3.32 bits per heavy atom. The van der Waals surface area contributed by atoms with Crippen LogP contribution in [0.2, 0.25) is 0 Å². The van der Waals surface area contributed by atoms with E-state index in [0.717, 1.165) is 30.5 Å². The van der Waals surface area contributed by atoms with Gasteiger partial charge in [-0.25, -0.2) is 9.97 Å². The third-order valence-corrected chi connectivity index (χ3v) is 3.51. The second kappa shape index (κ2) is 5.67. The maximum Gasteiger partial charge on any atom is 0.157 e. The molecule has 1 saturated heterocycles. The lowest BCUT2D eigenvalue weighted by atomic mass is 10.2. The third-order valence-electron chi connectivity index (χ3n) is 3.51. The number of rotatable bonds is 4. The molecule has 102 valence electrons. The standard InChI is InChI=1S/C14H19N3O2/c1-11(9-19-13-4-2-3-7-18-13)17-6-5-12-8-15-10-16-14(12)17/h5-6,8,10-11,13H,2-4,7,9H2,1H3. The fourth-order valence-electron chi connectivity index (χ4n) is 2.42. The summed E-state index contributed by atoms with van der Waals surface area (Å²) in [4.78, 5) is 8.35. The second-order valence-corrected chi connectivity index (χ2v) is 5.00. The maximum atomic E-state index is 5.83. The summed E-state index contributed by atoms with van der Waals surface area (Å²) in [5, 5.41) is 1.06. The minimum atomic E-state index is -0.0346. The molecule has 2 unspecified atom stereocenters. The number of aromatic nitrogens is 3. The summed E-state index contributed by atoms with van der Waals surface area (Å²) in [6, 6.07) is 2.26. The highest BCUT2D eigenvalue weighted by Gasteiger charge is 2.16. The van der Waals surface area contributed by atoms with Gasteiger partial charge in [0.2, 0.25) is 0 Å². The van der Waals surface area contributed by atoms with Crippen LogP contribution in [-0.4, -0.2) is 34.0 Å². The van der Waals surface area contributed by atoms with Crippen molar-refractivity contribution >= 4 is 11.0 Å². The van der Waals surface area contributed by atoms with Gasteiger partial charge in [-0.15, -0.1) is 0 Å². The molecular formula is C14H19N3O2. The van der Waals surface area contributed by atoms with E-state index in [4.69, 9.17) is 9.47 Å². The van der Waals surface area contributed by atoms with Crippen molar-refractivity contribution < 1.29 is 9.47 Å². The first-order chi connectivity index (χ1) is 9.34. The minimum absolute atomic E-state index is 0.0346. The van der Waals surface area contributed by atoms with Crippen molar-refractivity contribution in [3.63, 3.8) is 0 Å². The lowest BCUT2D eigenvalue weighted by Crippen LogP contribution is -2.25. The van der Waals surface area contributed by atoms with Crippen LogP contribution in [0, 0.1) is 0 Å². The van der Waals surface area contributed by atoms with E-state index in [9.17, 15) is 0 Å². The zero-order valence-corrected chi connectivity index (χ0v) is 11.2. The van der Waals surface area contributed by atoms with E-state index in [2.05, 4.69) is 21.5 Å². The minimum Gasteiger partial charge on any atom is -0.353 e. The zero-order chi connectivity index (χ0) is 13.1. The normalized spacial score (nSPS) is 21.6. The Morgan fingerprint density at radius 1 is 1.53 bits per heavy atom. The van der Waals surface area contributed by atoms with E-state index in [1.54, 1.807) is 6.33 Å². The van der Waals surface area contributed by atoms with E-state index in [-0.39, 0.29) is 12.3 Å². The molecule has 3 rings (SSSR count). The van der Waals surface area contributed by atoms with Crippen molar-refractivity contribution in [1.29, 1.82) is 0 Å². The summed E-state index contributed by atoms with van der Waals surface area (Å²) >= 11 is 0. The van der Waals surface area contributed by atoms with Crippen LogP contribution in [0.5, 0.6) is 0 Å². The van der Waals surface area contributed by atoms with Gasteiger partial charge in [0, 0.05) is 24.4 Å². The van der Waals surface area contributed by atoms with Gasteiger partial charge < -0.3 is 14.0 Å². The molecule has 0 aliphatic carbocycles. The molecule has 0 bridgehead atoms. The van der Waals surface area contributed by atoms with Crippen molar-refractivity contribution in [3.05, 3.63) is 24.8 Å². The quantitative estimate of drug-likeness (QED) is 0.848. The molecule has 19 heavy (non-hydrogen) atoms. The molecule has 1 fully saturated rings. The average molecular weight is 261 g/mol. The summed E-state index contributed by atoms with van der Waals surface area (Å²) in [6.07, 6.45) is 8.75. The van der Waals surface area contributed by atoms with Gasteiger partial charge in [0.05, 0.1) is 12.6 Å². The van der Waals surface area contributed by atoms with Crippen LogP contribution in [0.25, 0.3) is 11.0 Å². The Labute approximate surface area is 112 Å². The molecule has 0 amide bonds. The first-order valence-electron chi connectivity index (χ1n) is 6.84. The van der Waals surface area contributed by atoms with Gasteiger partial charge in [-0.3, -0.25) is 0 Å². The van der Waals surface area contributed by atoms with Gasteiger partial charge in [-0.2, -0.15) is 0 Å². The van der Waals surface area contributed by atoms with Crippen LogP contribution in [0.15, 0.2) is 24.8 Å². The maximum absolute atomic E-state index is 5.83. The van der Waals surface area contributed by atoms with Crippen LogP contribution in [-0.2, 0) is 9.47 Å². The fraction of sp³-hybridized carbons (Fsp3) is 0.571. The Hall–Kier alpha value is -1.46. The average Bonchev–Trinajstić information content (AvgIpc) is 2.90. The Morgan fingerprint density at radius 2 is 2.47 bits per heavy atom. The van der Waals surface area contributed by atoms with Crippen molar-refractivity contribution in [1.82, 2.24) is 14.5 Å². The summed E-state index contributed by atoms with van der Waals surface area (Å²) in [6.45, 7) is 3.58. The Kier molecular flexibility index (Phi) is 3.75. The number of ether oxygens (including phenoxy) is 2. The van der Waals surface area contributed by atoms with Crippen LogP contribution < -0.4 is 0 Å². The SMILES string of the molecule is CC(COC1CCCCO1)n1ccc2cncnc21. The Balaban J connectivity index is 1.64. The largest absolute Gasteiger partial charge is 0.353 e. The summed E-state index contributed by atoms with van der Waals surface area (Å²) in [5.74, 6) is 0. The highest BCUT2D eigenvalue weighted by Crippen LogP contribution is 2.19. The number of fused-ring (bicyclic) bond motifs is 1. The first-order valence-corrected chi connectivity index (χ1v) is 6.84. The topological polar surface area (TPSA) is 49.2 Å². The molecule has 0 saturated carbocycles. The number of hydrogen-bond donors (Lipinski definition) is 0. The van der Waals surface area contributed by atoms with Gasteiger partial charge in [0.25, 0.3) is 0 Å². The molecule has 2 aromatic rings. The third kappa shape index (κ3) is 2.77. The van der Waals surface area contributed by atoms with E-state index >= 15 is 0 Å². The zero-order valence-electron chi connectivity index (χ0n) is 11.2. The van der Waals surface area contributed by atoms with Crippen LogP contribution in [0.1, 0.15) is 32.2 Å². The molecule has 2 aromatic heterocycles. The number of nitrogens with zero attached hydrogens (tertiary/aromatic N) is 3. The lowest BCUT2D eigenvalue weighted by Gasteiger charge is -2.24. The van der Waals surface area contributed by atoms with Crippen molar-refractivity contribution in [2.45, 2.75) is 38.5 Å². The lowest BCUT2D eigenvalue weighted by molar-refractivity contribution is -0.166. The molecule has 0 spiro atoms. The molecule has 1 aliphatic rings. The molecule has 0 aromatic carbocycles. The molecule has 5 nitrogen and oxygen atoms in total. The molecule has 0 N–H and O–H groups in total. The van der Waals surface area contributed by atoms with Crippen LogP contribution in [0.3, 0.4) is 0 Å². The van der Waals surface area contributed by atoms with Gasteiger partial charge in [0.15, 0.2) is 6.29 Å². The van der Waals surface area contributed by atoms with E-state index < -0.39 is 0 Å². The summed E-state index contributed by atoms with van der Waals surface area (Å²) in [7, 11) is 0. The van der Waals surface area contributed by atoms with E-state index in [1.807, 2.05) is 18.5 Å². The van der Waals surface area contributed by atoms with E-state index in [1.165, 1.54) is 6.42 Å². The van der Waals surface area contributed by atoms with Gasteiger partial charge in [-0.1, -0.05) is 0 Å². The van der Waals surface area contributed by atoms with Crippen LogP contribution in [0.4, 0.5) is 0 Å². The highest BCUT2D eigenvalue weighted by molar-refractivity contribution is 5.74. The van der Waals surface area contributed by atoms with Gasteiger partial charge in [-0.05, 0) is 32.3 Å². The predicted octanol–water partition coefficient (Wildman–Crippen LogP) is 2.54.